The van der Waals surface area contributed by atoms with Crippen LogP contribution < -0.4 is 27.4 Å². The highest BCUT2D eigenvalue weighted by Crippen LogP contribution is 2.46. The van der Waals surface area contributed by atoms with Crippen molar-refractivity contribution in [1.29, 1.82) is 0 Å². The average molecular weight is 703 g/mol. The van der Waals surface area contributed by atoms with E-state index in [9.17, 15) is 28.6 Å². The number of hydrogen-bond acceptors (Lipinski definition) is 14. The maximum absolute atomic E-state index is 12.8. The second-order valence-corrected chi connectivity index (χ2v) is 13.6. The molecule has 2 aliphatic rings. The molecule has 0 spiro atoms. The lowest BCUT2D eigenvalue weighted by Gasteiger charge is -2.33. The summed E-state index contributed by atoms with van der Waals surface area (Å²) in [6.07, 6.45) is -3.98. The van der Waals surface area contributed by atoms with E-state index in [-0.39, 0.29) is 25.2 Å². The molecule has 18 nitrogen and oxygen atoms in total. The van der Waals surface area contributed by atoms with Gasteiger partial charge in [-0.25, -0.2) is 9.59 Å². The number of rotatable bonds is 16. The van der Waals surface area contributed by atoms with E-state index in [1.54, 1.807) is 20.9 Å². The third kappa shape index (κ3) is 9.26. The first kappa shape index (κ1) is 38.0. The van der Waals surface area contributed by atoms with Crippen LogP contribution >= 0.6 is 7.82 Å². The van der Waals surface area contributed by atoms with Crippen LogP contribution in [0.1, 0.15) is 46.6 Å². The van der Waals surface area contributed by atoms with Crippen molar-refractivity contribution in [3.05, 3.63) is 66.2 Å². The van der Waals surface area contributed by atoms with Crippen LogP contribution in [0.4, 0.5) is 0 Å². The van der Waals surface area contributed by atoms with Crippen molar-refractivity contribution < 1.29 is 42.2 Å². The molecule has 0 bridgehead atoms. The second kappa shape index (κ2) is 16.3. The molecule has 270 valence electrons. The smallest absolute Gasteiger partial charge is 0.330 e. The number of ether oxygens (including phenoxy) is 5. The fourth-order valence-corrected chi connectivity index (χ4v) is 7.13. The molecule has 0 radical (unpaired) electrons. The number of aromatic nitrogens is 4. The number of phosphoric ester groups is 1. The molecule has 4 rings (SSSR count). The van der Waals surface area contributed by atoms with Gasteiger partial charge in [0.05, 0.1) is 24.9 Å². The lowest BCUT2D eigenvalue weighted by Crippen LogP contribution is -2.43. The number of nitrogens with zero attached hydrogens (tertiary/aromatic N) is 3. The van der Waals surface area contributed by atoms with Crippen LogP contribution in [0.5, 0.6) is 0 Å². The predicted octanol–water partition coefficient (Wildman–Crippen LogP) is -0.447. The van der Waals surface area contributed by atoms with Crippen molar-refractivity contribution in [1.82, 2.24) is 24.0 Å². The molecule has 0 aromatic carbocycles. The molecule has 1 unspecified atom stereocenters. The lowest BCUT2D eigenvalue weighted by atomic mass is 9.94. The molecule has 4 heterocycles. The summed E-state index contributed by atoms with van der Waals surface area (Å²) in [5.41, 5.74) is -2.56. The number of aromatic amines is 2. The van der Waals surface area contributed by atoms with Crippen molar-refractivity contribution >= 4 is 7.82 Å². The first-order valence-electron chi connectivity index (χ1n) is 15.6. The summed E-state index contributed by atoms with van der Waals surface area (Å²) < 4.78 is 55.5. The molecule has 2 fully saturated rings. The third-order valence-corrected chi connectivity index (χ3v) is 9.28. The van der Waals surface area contributed by atoms with Crippen molar-refractivity contribution in [2.75, 3.05) is 41.0 Å². The maximum atomic E-state index is 12.8. The molecule has 2 aromatic rings. The van der Waals surface area contributed by atoms with Gasteiger partial charge in [0.15, 0.2) is 12.5 Å². The molecule has 0 amide bonds. The first-order chi connectivity index (χ1) is 22.6. The minimum atomic E-state index is -4.85. The van der Waals surface area contributed by atoms with Gasteiger partial charge in [-0.05, 0) is 47.7 Å². The van der Waals surface area contributed by atoms with Gasteiger partial charge >= 0.3 is 11.4 Å². The Morgan fingerprint density at radius 1 is 0.875 bits per heavy atom. The SMILES string of the molecule is CO[C@@H]1[C@H](CCN(C)C[C@H]2O[C@@H](n3ccc(=O)[nH]c3=O)[C@H](OC)[C@@H]2OP(=O)([O-])OC(C)C)[C@@H](COC(C)C)O[C@H]1n1ccc(=O)[nH]c1=O. The minimum Gasteiger partial charge on any atom is -0.756 e. The molecule has 9 atom stereocenters. The van der Waals surface area contributed by atoms with E-state index >= 15 is 0 Å². The monoisotopic (exact) mass is 702 g/mol. The van der Waals surface area contributed by atoms with Crippen molar-refractivity contribution in [3.8, 4) is 0 Å². The van der Waals surface area contributed by atoms with E-state index in [4.69, 9.17) is 32.7 Å². The minimum absolute atomic E-state index is 0.0856. The molecular formula is C29H45N5O13P-. The maximum Gasteiger partial charge on any atom is 0.330 e. The van der Waals surface area contributed by atoms with Crippen molar-refractivity contribution in [3.63, 3.8) is 0 Å². The van der Waals surface area contributed by atoms with Crippen LogP contribution in [0.25, 0.3) is 0 Å². The van der Waals surface area contributed by atoms with Gasteiger partial charge in [0.1, 0.15) is 24.4 Å². The van der Waals surface area contributed by atoms with Crippen LogP contribution in [0.2, 0.25) is 0 Å². The molecular weight excluding hydrogens is 657 g/mol. The Bertz CT molecular complexity index is 1640. The van der Waals surface area contributed by atoms with Crippen molar-refractivity contribution in [2.45, 2.75) is 89.3 Å². The standard InChI is InChI=1S/C29H46N5O13P/c1-16(2)43-15-20-18(23(41-6)26(45-20)33-12-9-21(35)30-28(33)37)8-11-32(5)14-19-24(47-48(39,40)46-17(3)4)25(42-7)27(44-19)34-13-10-22(36)31-29(34)38/h9-10,12-13,16-20,23-27H,8,11,14-15H2,1-7H3,(H,39,40)(H,30,35,37)(H,31,36,38)/p-1/t18-,19-,20-,23-,24-,25-,26-,27-/m1/s1. The van der Waals surface area contributed by atoms with E-state index in [2.05, 4.69) is 9.97 Å². The summed E-state index contributed by atoms with van der Waals surface area (Å²) in [7, 11) is -0.215. The van der Waals surface area contributed by atoms with E-state index in [0.29, 0.717) is 13.0 Å². The molecule has 2 aromatic heterocycles. The molecule has 2 aliphatic heterocycles. The van der Waals surface area contributed by atoms with E-state index in [1.807, 2.05) is 18.7 Å². The Morgan fingerprint density at radius 2 is 1.42 bits per heavy atom. The zero-order valence-electron chi connectivity index (χ0n) is 28.0. The topological polar surface area (TPSA) is 218 Å². The van der Waals surface area contributed by atoms with Gasteiger partial charge in [-0.3, -0.25) is 33.3 Å². The molecule has 2 N–H and O–H groups in total. The third-order valence-electron chi connectivity index (χ3n) is 8.10. The highest BCUT2D eigenvalue weighted by molar-refractivity contribution is 7.45. The quantitative estimate of drug-likeness (QED) is 0.212. The number of methoxy groups -OCH3 is 2. The molecule has 2 saturated heterocycles. The summed E-state index contributed by atoms with van der Waals surface area (Å²) in [4.78, 5) is 67.8. The van der Waals surface area contributed by atoms with Crippen LogP contribution in [-0.2, 0) is 37.3 Å². The number of H-pyrrole nitrogens is 2. The number of nitrogens with one attached hydrogen (secondary N) is 2. The average Bonchev–Trinajstić information content (AvgIpc) is 3.50. The van der Waals surface area contributed by atoms with Crippen LogP contribution in [0, 0.1) is 5.92 Å². The highest BCUT2D eigenvalue weighted by atomic mass is 31.2. The highest BCUT2D eigenvalue weighted by Gasteiger charge is 2.50. The van der Waals surface area contributed by atoms with E-state index < -0.39 is 79.4 Å². The molecule has 19 heteroatoms. The number of hydrogen-bond donors (Lipinski definition) is 2. The predicted molar refractivity (Wildman–Crippen MR) is 167 cm³/mol. The van der Waals surface area contributed by atoms with Gasteiger partial charge in [-0.2, -0.15) is 0 Å². The van der Waals surface area contributed by atoms with Gasteiger partial charge in [-0.15, -0.1) is 0 Å². The van der Waals surface area contributed by atoms with Gasteiger partial charge in [-0.1, -0.05) is 0 Å². The Labute approximate surface area is 276 Å². The Hall–Kier alpha value is -2.77. The zero-order valence-corrected chi connectivity index (χ0v) is 28.9. The summed E-state index contributed by atoms with van der Waals surface area (Å²) in [5, 5.41) is 0. The lowest BCUT2D eigenvalue weighted by molar-refractivity contribution is -0.236. The Balaban J connectivity index is 1.55. The Kier molecular flexibility index (Phi) is 12.9. The Morgan fingerprint density at radius 3 is 1.92 bits per heavy atom. The molecule has 0 saturated carbocycles. The summed E-state index contributed by atoms with van der Waals surface area (Å²) in [5.74, 6) is -0.267. The normalized spacial score (nSPS) is 28.9. The summed E-state index contributed by atoms with van der Waals surface area (Å²) >= 11 is 0. The largest absolute Gasteiger partial charge is 0.756 e. The van der Waals surface area contributed by atoms with E-state index in [0.717, 1.165) is 10.6 Å². The first-order valence-corrected chi connectivity index (χ1v) is 17.1. The number of likely N-dealkylation sites (N-methyl/N-ethyl adjacent to an activating group) is 1. The second-order valence-electron chi connectivity index (χ2n) is 12.3. The fraction of sp³-hybridized carbons (Fsp3) is 0.724. The van der Waals surface area contributed by atoms with Crippen LogP contribution in [0.3, 0.4) is 0 Å². The zero-order chi connectivity index (χ0) is 35.3. The van der Waals surface area contributed by atoms with E-state index in [1.165, 1.54) is 37.2 Å². The van der Waals surface area contributed by atoms with Gasteiger partial charge in [0, 0.05) is 51.2 Å². The van der Waals surface area contributed by atoms with Crippen LogP contribution in [-0.4, -0.2) is 108 Å². The summed E-state index contributed by atoms with van der Waals surface area (Å²) in [6.45, 7) is 7.64. The fourth-order valence-electron chi connectivity index (χ4n) is 6.01. The number of phosphoric acid groups is 1. The van der Waals surface area contributed by atoms with Gasteiger partial charge in [0.25, 0.3) is 18.9 Å². The van der Waals surface area contributed by atoms with Crippen molar-refractivity contribution in [2.24, 2.45) is 5.92 Å². The van der Waals surface area contributed by atoms with Crippen LogP contribution in [0.15, 0.2) is 43.7 Å². The van der Waals surface area contributed by atoms with Gasteiger partial charge in [0.2, 0.25) is 0 Å². The summed E-state index contributed by atoms with van der Waals surface area (Å²) in [6, 6.07) is 2.36. The molecule has 0 aliphatic carbocycles. The molecule has 48 heavy (non-hydrogen) atoms. The van der Waals surface area contributed by atoms with Gasteiger partial charge < -0.3 is 42.5 Å².